The fourth-order valence-electron chi connectivity index (χ4n) is 1.36. The first-order valence-electron chi connectivity index (χ1n) is 4.11. The van der Waals surface area contributed by atoms with E-state index in [1.807, 2.05) is 0 Å². The lowest BCUT2D eigenvalue weighted by molar-refractivity contribution is -0.383. The number of benzene rings is 1. The number of non-ortho nitro benzene ring substituents is 1. The first kappa shape index (κ1) is 10.4. The minimum absolute atomic E-state index is 0.130. The number of hydrogen-bond donors (Lipinski definition) is 1. The van der Waals surface area contributed by atoms with Gasteiger partial charge in [-0.3, -0.25) is 10.1 Å². The van der Waals surface area contributed by atoms with Crippen LogP contribution in [0.3, 0.4) is 0 Å². The summed E-state index contributed by atoms with van der Waals surface area (Å²) in [5.41, 5.74) is -0.443. The fraction of sp³-hybridized carbons (Fsp3) is 0. The summed E-state index contributed by atoms with van der Waals surface area (Å²) in [4.78, 5) is 20.7. The van der Waals surface area contributed by atoms with Gasteiger partial charge in [-0.2, -0.15) is 0 Å². The standard InChI is InChI=1S/C9H4ClNO5/c10-6-4-2-1-3-5(11(14)15)7(4)16-8(6)9(12)13/h1-3H,(H,12,13). The van der Waals surface area contributed by atoms with Crippen LogP contribution in [0.15, 0.2) is 22.6 Å². The molecule has 1 aromatic heterocycles. The molecule has 0 unspecified atom stereocenters. The number of nitro benzene ring substituents is 1. The van der Waals surface area contributed by atoms with Crippen LogP contribution in [0.1, 0.15) is 10.6 Å². The molecule has 0 atom stereocenters. The molecule has 1 N–H and O–H groups in total. The molecule has 6 nitrogen and oxygen atoms in total. The molecule has 0 fully saturated rings. The monoisotopic (exact) mass is 241 g/mol. The number of carboxylic acids is 1. The Morgan fingerprint density at radius 1 is 1.50 bits per heavy atom. The van der Waals surface area contributed by atoms with Gasteiger partial charge in [-0.1, -0.05) is 17.7 Å². The predicted molar refractivity (Wildman–Crippen MR) is 54.8 cm³/mol. The summed E-state index contributed by atoms with van der Waals surface area (Å²) in [6.07, 6.45) is 0. The van der Waals surface area contributed by atoms with E-state index in [4.69, 9.17) is 21.1 Å². The van der Waals surface area contributed by atoms with E-state index in [-0.39, 0.29) is 21.7 Å². The van der Waals surface area contributed by atoms with E-state index in [2.05, 4.69) is 0 Å². The number of aromatic carboxylic acids is 1. The van der Waals surface area contributed by atoms with Gasteiger partial charge in [0, 0.05) is 11.5 Å². The SMILES string of the molecule is O=C(O)c1oc2c([N+](=O)[O-])cccc2c1Cl. The van der Waals surface area contributed by atoms with Crippen molar-refractivity contribution in [3.05, 3.63) is 39.1 Å². The second-order valence-electron chi connectivity index (χ2n) is 2.96. The molecular formula is C9H4ClNO5. The Morgan fingerprint density at radius 2 is 2.19 bits per heavy atom. The molecule has 0 aliphatic rings. The molecule has 16 heavy (non-hydrogen) atoms. The van der Waals surface area contributed by atoms with E-state index in [0.717, 1.165) is 0 Å². The van der Waals surface area contributed by atoms with Crippen molar-refractivity contribution in [2.75, 3.05) is 0 Å². The normalized spacial score (nSPS) is 10.6. The molecule has 0 aliphatic heterocycles. The average molecular weight is 242 g/mol. The number of nitro groups is 1. The number of carbonyl (C=O) groups is 1. The Balaban J connectivity index is 2.85. The molecule has 0 saturated carbocycles. The highest BCUT2D eigenvalue weighted by atomic mass is 35.5. The van der Waals surface area contributed by atoms with E-state index in [0.29, 0.717) is 0 Å². The van der Waals surface area contributed by atoms with Crippen molar-refractivity contribution in [3.63, 3.8) is 0 Å². The number of hydrogen-bond acceptors (Lipinski definition) is 4. The van der Waals surface area contributed by atoms with Gasteiger partial charge in [-0.05, 0) is 6.07 Å². The first-order chi connectivity index (χ1) is 7.52. The Labute approximate surface area is 93.2 Å². The second kappa shape index (κ2) is 3.49. The molecule has 0 bridgehead atoms. The van der Waals surface area contributed by atoms with Crippen LogP contribution in [0.25, 0.3) is 11.0 Å². The van der Waals surface area contributed by atoms with E-state index in [1.165, 1.54) is 18.2 Å². The van der Waals surface area contributed by atoms with Crippen molar-refractivity contribution in [3.8, 4) is 0 Å². The molecule has 0 amide bonds. The van der Waals surface area contributed by atoms with Gasteiger partial charge >= 0.3 is 11.7 Å². The number of para-hydroxylation sites is 1. The molecule has 82 valence electrons. The van der Waals surface area contributed by atoms with E-state index in [1.54, 1.807) is 0 Å². The summed E-state index contributed by atoms with van der Waals surface area (Å²) >= 11 is 5.73. The van der Waals surface area contributed by atoms with E-state index < -0.39 is 16.7 Å². The molecule has 1 heterocycles. The highest BCUT2D eigenvalue weighted by Gasteiger charge is 2.24. The zero-order chi connectivity index (χ0) is 11.9. The van der Waals surface area contributed by atoms with Crippen LogP contribution in [-0.2, 0) is 0 Å². The highest BCUT2D eigenvalue weighted by Crippen LogP contribution is 2.35. The smallest absolute Gasteiger partial charge is 0.373 e. The third kappa shape index (κ3) is 1.40. The maximum atomic E-state index is 10.7. The van der Waals surface area contributed by atoms with Gasteiger partial charge in [-0.15, -0.1) is 0 Å². The van der Waals surface area contributed by atoms with Gasteiger partial charge in [0.15, 0.2) is 0 Å². The number of halogens is 1. The van der Waals surface area contributed by atoms with Crippen LogP contribution in [0, 0.1) is 10.1 Å². The minimum atomic E-state index is -1.37. The minimum Gasteiger partial charge on any atom is -0.475 e. The molecule has 0 aliphatic carbocycles. The third-order valence-electron chi connectivity index (χ3n) is 2.03. The Hall–Kier alpha value is -2.08. The average Bonchev–Trinajstić information content (AvgIpc) is 2.56. The topological polar surface area (TPSA) is 93.6 Å². The maximum Gasteiger partial charge on any atom is 0.373 e. The lowest BCUT2D eigenvalue weighted by Gasteiger charge is -1.90. The van der Waals surface area contributed by atoms with E-state index in [9.17, 15) is 14.9 Å². The van der Waals surface area contributed by atoms with Crippen LogP contribution in [0.5, 0.6) is 0 Å². The van der Waals surface area contributed by atoms with Crippen LogP contribution < -0.4 is 0 Å². The molecule has 0 saturated heterocycles. The van der Waals surface area contributed by atoms with Crippen molar-refractivity contribution >= 4 is 34.2 Å². The first-order valence-corrected chi connectivity index (χ1v) is 4.49. The summed E-state index contributed by atoms with van der Waals surface area (Å²) in [5.74, 6) is -1.86. The van der Waals surface area contributed by atoms with Crippen molar-refractivity contribution in [1.29, 1.82) is 0 Å². The molecule has 0 radical (unpaired) electrons. The van der Waals surface area contributed by atoms with Crippen molar-refractivity contribution < 1.29 is 19.2 Å². The summed E-state index contributed by atoms with van der Waals surface area (Å²) in [5, 5.41) is 19.5. The fourth-order valence-corrected chi connectivity index (χ4v) is 1.62. The summed E-state index contributed by atoms with van der Waals surface area (Å²) in [6.45, 7) is 0. The molecule has 1 aromatic carbocycles. The maximum absolute atomic E-state index is 10.7. The number of rotatable bonds is 2. The van der Waals surface area contributed by atoms with Crippen molar-refractivity contribution in [2.45, 2.75) is 0 Å². The molecule has 0 spiro atoms. The number of carboxylic acid groups (broad SMARTS) is 1. The Morgan fingerprint density at radius 3 is 2.75 bits per heavy atom. The van der Waals surface area contributed by atoms with Crippen LogP contribution in [0.4, 0.5) is 5.69 Å². The van der Waals surface area contributed by atoms with Gasteiger partial charge in [0.25, 0.3) is 0 Å². The number of furan rings is 1. The second-order valence-corrected chi connectivity index (χ2v) is 3.34. The Bertz CT molecular complexity index is 603. The molecule has 2 rings (SSSR count). The highest BCUT2D eigenvalue weighted by molar-refractivity contribution is 6.38. The van der Waals surface area contributed by atoms with Crippen molar-refractivity contribution in [2.24, 2.45) is 0 Å². The molecular weight excluding hydrogens is 238 g/mol. The molecule has 7 heteroatoms. The zero-order valence-corrected chi connectivity index (χ0v) is 8.39. The lowest BCUT2D eigenvalue weighted by Crippen LogP contribution is -1.93. The van der Waals surface area contributed by atoms with Crippen LogP contribution >= 0.6 is 11.6 Å². The summed E-state index contributed by atoms with van der Waals surface area (Å²) in [7, 11) is 0. The molecule has 2 aromatic rings. The van der Waals surface area contributed by atoms with Gasteiger partial charge in [0.1, 0.15) is 5.02 Å². The van der Waals surface area contributed by atoms with Crippen molar-refractivity contribution in [1.82, 2.24) is 0 Å². The number of fused-ring (bicyclic) bond motifs is 1. The van der Waals surface area contributed by atoms with E-state index >= 15 is 0 Å². The zero-order valence-electron chi connectivity index (χ0n) is 7.64. The number of nitrogens with zero attached hydrogens (tertiary/aromatic N) is 1. The predicted octanol–water partition coefficient (Wildman–Crippen LogP) is 2.69. The quantitative estimate of drug-likeness (QED) is 0.644. The van der Waals surface area contributed by atoms with Gasteiger partial charge in [0.05, 0.1) is 4.92 Å². The summed E-state index contributed by atoms with van der Waals surface area (Å²) < 4.78 is 4.88. The van der Waals surface area contributed by atoms with Gasteiger partial charge < -0.3 is 9.52 Å². The van der Waals surface area contributed by atoms with Crippen LogP contribution in [-0.4, -0.2) is 16.0 Å². The van der Waals surface area contributed by atoms with Gasteiger partial charge in [0.2, 0.25) is 11.3 Å². The largest absolute Gasteiger partial charge is 0.475 e. The van der Waals surface area contributed by atoms with Crippen LogP contribution in [0.2, 0.25) is 5.02 Å². The lowest BCUT2D eigenvalue weighted by atomic mass is 10.2. The Kier molecular flexibility index (Phi) is 2.28. The summed E-state index contributed by atoms with van der Waals surface area (Å²) in [6, 6.07) is 4.09. The van der Waals surface area contributed by atoms with Gasteiger partial charge in [-0.25, -0.2) is 4.79 Å². The third-order valence-corrected chi connectivity index (χ3v) is 2.40.